The lowest BCUT2D eigenvalue weighted by Crippen LogP contribution is -2.26. The van der Waals surface area contributed by atoms with E-state index in [0.29, 0.717) is 45.4 Å². The Labute approximate surface area is 428 Å². The first-order valence-corrected chi connectivity index (χ1v) is 26.7. The largest absolute Gasteiger partial charge is 0.493 e. The number of rotatable bonds is 27. The van der Waals surface area contributed by atoms with E-state index in [1.54, 1.807) is 0 Å². The number of tetrazole rings is 1. The summed E-state index contributed by atoms with van der Waals surface area (Å²) >= 11 is 0. The molecule has 0 saturated carbocycles. The van der Waals surface area contributed by atoms with Crippen molar-refractivity contribution in [2.75, 3.05) is 19.8 Å². The van der Waals surface area contributed by atoms with Gasteiger partial charge in [-0.15, -0.1) is 10.2 Å². The van der Waals surface area contributed by atoms with Gasteiger partial charge in [0.2, 0.25) is 6.54 Å². The van der Waals surface area contributed by atoms with Gasteiger partial charge in [0.25, 0.3) is 0 Å². The second kappa shape index (κ2) is 27.9. The third-order valence-electron chi connectivity index (χ3n) is 15.5. The molecule has 5 aromatic rings. The molecule has 5 rings (SSSR count). The van der Waals surface area contributed by atoms with E-state index in [1.165, 1.54) is 33.4 Å². The molecule has 1 aromatic heterocycles. The molecule has 0 amide bonds. The lowest BCUT2D eigenvalue weighted by Gasteiger charge is -2.34. The number of aromatic amines is 1. The molecule has 0 aliphatic heterocycles. The molecule has 384 valence electrons. The highest BCUT2D eigenvalue weighted by Gasteiger charge is 2.33. The van der Waals surface area contributed by atoms with Crippen molar-refractivity contribution < 1.29 is 19.7 Å². The van der Waals surface area contributed by atoms with Crippen LogP contribution in [0.5, 0.6) is 11.5 Å². The van der Waals surface area contributed by atoms with Crippen molar-refractivity contribution in [1.82, 2.24) is 20.6 Å². The third-order valence-corrected chi connectivity index (χ3v) is 15.5. The Bertz CT molecular complexity index is 2480. The van der Waals surface area contributed by atoms with Crippen LogP contribution in [0.4, 0.5) is 0 Å². The van der Waals surface area contributed by atoms with Crippen molar-refractivity contribution in [3.05, 3.63) is 158 Å². The Balaban J connectivity index is 0.000000310. The molecular formula is C62H87N5O4. The molecule has 0 fully saturated rings. The van der Waals surface area contributed by atoms with Crippen LogP contribution >= 0.6 is 0 Å². The molecule has 0 atom stereocenters. The Kier molecular flexibility index (Phi) is 22.8. The van der Waals surface area contributed by atoms with Gasteiger partial charge in [0.1, 0.15) is 11.5 Å². The summed E-state index contributed by atoms with van der Waals surface area (Å²) in [6.07, 6.45) is 19.5. The van der Waals surface area contributed by atoms with E-state index in [9.17, 15) is 10.2 Å². The monoisotopic (exact) mass is 966 g/mol. The fraction of sp³-hybridized carbons (Fsp3) is 0.516. The van der Waals surface area contributed by atoms with Crippen LogP contribution in [0.2, 0.25) is 0 Å². The van der Waals surface area contributed by atoms with E-state index in [4.69, 9.17) is 16.0 Å². The van der Waals surface area contributed by atoms with Gasteiger partial charge in [0, 0.05) is 23.7 Å². The van der Waals surface area contributed by atoms with E-state index in [-0.39, 0.29) is 10.8 Å². The molecule has 0 spiro atoms. The average Bonchev–Trinajstić information content (AvgIpc) is 3.91. The minimum atomic E-state index is -0.739. The van der Waals surface area contributed by atoms with Crippen molar-refractivity contribution >= 4 is 12.2 Å². The molecule has 0 bridgehead atoms. The van der Waals surface area contributed by atoms with E-state index >= 15 is 0 Å². The Morgan fingerprint density at radius 2 is 0.930 bits per heavy atom. The molecule has 1 heterocycles. The SMILES string of the molecule is CCC(O)(/C=C/c1ccc(C(CC)(CC)c2ccc(OCCCCc3nn[nH]n3)c(C)c2)cc1C)CC.[C-]#[N+]CCCCOc1ccc(C(CC)(CC)c2ccc(/C=C/C(O)(CC)CC)c(C)c2)cc1C. The summed E-state index contributed by atoms with van der Waals surface area (Å²) < 4.78 is 12.1. The number of nitrogens with zero attached hydrogens (tertiary/aromatic N) is 4. The number of H-pyrrole nitrogens is 1. The summed E-state index contributed by atoms with van der Waals surface area (Å²) in [6, 6.07) is 26.8. The first-order valence-electron chi connectivity index (χ1n) is 26.7. The van der Waals surface area contributed by atoms with Crippen LogP contribution in [0.1, 0.15) is 194 Å². The smallest absolute Gasteiger partial charge is 0.214 e. The fourth-order valence-electron chi connectivity index (χ4n) is 9.80. The number of ether oxygens (including phenoxy) is 2. The van der Waals surface area contributed by atoms with Crippen LogP contribution in [0.15, 0.2) is 84.9 Å². The minimum Gasteiger partial charge on any atom is -0.493 e. The van der Waals surface area contributed by atoms with Crippen LogP contribution in [0, 0.1) is 34.3 Å². The molecule has 71 heavy (non-hydrogen) atoms. The third kappa shape index (κ3) is 15.2. The van der Waals surface area contributed by atoms with Gasteiger partial charge in [0.05, 0.1) is 24.4 Å². The molecule has 4 aromatic carbocycles. The number of unbranched alkanes of at least 4 members (excludes halogenated alkanes) is 2. The van der Waals surface area contributed by atoms with Crippen molar-refractivity contribution in [1.29, 1.82) is 0 Å². The van der Waals surface area contributed by atoms with E-state index in [2.05, 4.69) is 166 Å². The van der Waals surface area contributed by atoms with Gasteiger partial charge in [-0.25, -0.2) is 6.57 Å². The van der Waals surface area contributed by atoms with E-state index in [0.717, 1.165) is 97.4 Å². The Hall–Kier alpha value is -5.56. The first-order chi connectivity index (χ1) is 34.1. The van der Waals surface area contributed by atoms with Crippen molar-refractivity contribution in [3.8, 4) is 11.5 Å². The van der Waals surface area contributed by atoms with Crippen LogP contribution in [0.25, 0.3) is 17.0 Å². The summed E-state index contributed by atoms with van der Waals surface area (Å²) in [5.74, 6) is 2.63. The topological polar surface area (TPSA) is 118 Å². The summed E-state index contributed by atoms with van der Waals surface area (Å²) in [7, 11) is 0. The molecule has 9 nitrogen and oxygen atoms in total. The summed E-state index contributed by atoms with van der Waals surface area (Å²) in [5.41, 5.74) is 10.8. The predicted molar refractivity (Wildman–Crippen MR) is 295 cm³/mol. The van der Waals surface area contributed by atoms with Gasteiger partial charge in [-0.2, -0.15) is 5.21 Å². The normalized spacial score (nSPS) is 12.3. The fourth-order valence-corrected chi connectivity index (χ4v) is 9.80. The van der Waals surface area contributed by atoms with Crippen LogP contribution < -0.4 is 9.47 Å². The van der Waals surface area contributed by atoms with Crippen molar-refractivity contribution in [2.24, 2.45) is 0 Å². The lowest BCUT2D eigenvalue weighted by molar-refractivity contribution is 0.0832. The molecule has 0 unspecified atom stereocenters. The second-order valence-electron chi connectivity index (χ2n) is 19.5. The number of hydrogen-bond acceptors (Lipinski definition) is 7. The van der Waals surface area contributed by atoms with Gasteiger partial charge < -0.3 is 24.5 Å². The highest BCUT2D eigenvalue weighted by atomic mass is 16.5. The average molecular weight is 966 g/mol. The van der Waals surface area contributed by atoms with E-state index in [1.807, 2.05) is 39.8 Å². The highest BCUT2D eigenvalue weighted by molar-refractivity contribution is 5.59. The van der Waals surface area contributed by atoms with Gasteiger partial charge >= 0.3 is 0 Å². The summed E-state index contributed by atoms with van der Waals surface area (Å²) in [5, 5.41) is 35.3. The second-order valence-corrected chi connectivity index (χ2v) is 19.5. The van der Waals surface area contributed by atoms with Crippen LogP contribution in [0.3, 0.4) is 0 Å². The molecular weight excluding hydrogens is 879 g/mol. The highest BCUT2D eigenvalue weighted by Crippen LogP contribution is 2.43. The summed E-state index contributed by atoms with van der Waals surface area (Å²) in [4.78, 5) is 3.40. The maximum atomic E-state index is 10.7. The molecule has 0 radical (unpaired) electrons. The zero-order valence-electron chi connectivity index (χ0n) is 45.6. The zero-order valence-corrected chi connectivity index (χ0v) is 45.6. The molecule has 9 heteroatoms. The number of aliphatic hydroxyl groups is 2. The lowest BCUT2D eigenvalue weighted by atomic mass is 9.70. The molecule has 0 aliphatic carbocycles. The first kappa shape index (κ1) is 58.0. The minimum absolute atomic E-state index is 0.0561. The number of benzene rings is 4. The van der Waals surface area contributed by atoms with Gasteiger partial charge in [-0.05, 0) is 166 Å². The van der Waals surface area contributed by atoms with Crippen LogP contribution in [-0.4, -0.2) is 61.8 Å². The number of nitrogens with one attached hydrogen (secondary N) is 1. The van der Waals surface area contributed by atoms with Gasteiger partial charge in [-0.3, -0.25) is 0 Å². The number of aryl methyl sites for hydroxylation is 5. The molecule has 3 N–H and O–H groups in total. The van der Waals surface area contributed by atoms with Gasteiger partial charge in [-0.1, -0.05) is 146 Å². The zero-order chi connectivity index (χ0) is 52.1. The van der Waals surface area contributed by atoms with Crippen molar-refractivity contribution in [2.45, 2.75) is 189 Å². The Morgan fingerprint density at radius 3 is 1.27 bits per heavy atom. The van der Waals surface area contributed by atoms with Gasteiger partial charge in [0.15, 0.2) is 5.82 Å². The van der Waals surface area contributed by atoms with Crippen LogP contribution in [-0.2, 0) is 17.3 Å². The standard InChI is InChI=1S/C31H44N4O2.C31H43NO2/c1-7-30(36,8-2)19-18-25-14-15-26(21-23(25)5)31(9-3,10-4)27-16-17-28(24(6)22-27)37-20-12-11-13-29-32-34-35-33-29;1-8-30(33,9-2)19-18-26-14-15-27(22-24(26)5)31(10-3,11-4)28-16-17-29(25(6)23-28)34-21-13-12-20-32-7/h14-19,21-22,36H,7-13,20H2,1-6H3,(H,32,33,34,35);14-19,22-23,33H,8-13,20-21H2,1-6H3/b2*19-18+. The number of hydrogen-bond donors (Lipinski definition) is 3. The quantitative estimate of drug-likeness (QED) is 0.0354. The predicted octanol–water partition coefficient (Wildman–Crippen LogP) is 14.9. The van der Waals surface area contributed by atoms with Crippen molar-refractivity contribution in [3.63, 3.8) is 0 Å². The maximum Gasteiger partial charge on any atom is 0.214 e. The Morgan fingerprint density at radius 1 is 0.535 bits per heavy atom. The van der Waals surface area contributed by atoms with E-state index < -0.39 is 11.2 Å². The molecule has 0 saturated heterocycles. The number of aromatic nitrogens is 4. The maximum absolute atomic E-state index is 10.7. The molecule has 0 aliphatic rings. The summed E-state index contributed by atoms with van der Waals surface area (Å²) in [6.45, 7) is 34.5.